The number of ether oxygens (including phenoxy) is 1. The topological polar surface area (TPSA) is 110 Å². The number of aliphatic carboxylic acids is 1. The van der Waals surface area contributed by atoms with Crippen LogP contribution in [0.1, 0.15) is 12.8 Å². The van der Waals surface area contributed by atoms with Gasteiger partial charge in [0.15, 0.2) is 0 Å². The van der Waals surface area contributed by atoms with Gasteiger partial charge in [0.25, 0.3) is 0 Å². The summed E-state index contributed by atoms with van der Waals surface area (Å²) >= 11 is 0. The second-order valence-corrected chi connectivity index (χ2v) is 2.61. The number of methoxy groups -OCH3 is 1. The number of carbonyl (C=O) groups excluding carboxylic acids is 1. The number of aliphatic hydroxyl groups excluding tert-OH is 1. The molecule has 0 heterocycles. The predicted octanol–water partition coefficient (Wildman–Crippen LogP) is -1.29. The van der Waals surface area contributed by atoms with Crippen LogP contribution in [-0.4, -0.2) is 41.4 Å². The highest BCUT2D eigenvalue weighted by Gasteiger charge is 2.20. The highest BCUT2D eigenvalue weighted by atomic mass is 16.5. The average Bonchev–Trinajstić information content (AvgIpc) is 2.02. The standard InChI is InChI=1S/C7H13NO5/c1-13-7(12)2-4(8)5(9)3-6(10)11/h4-5,9H,2-3,8H2,1H3,(H,10,11). The van der Waals surface area contributed by atoms with Crippen molar-refractivity contribution in [1.82, 2.24) is 0 Å². The zero-order valence-corrected chi connectivity index (χ0v) is 7.27. The number of carboxylic acid groups (broad SMARTS) is 1. The summed E-state index contributed by atoms with van der Waals surface area (Å²) in [7, 11) is 1.19. The first kappa shape index (κ1) is 11.9. The lowest BCUT2D eigenvalue weighted by Gasteiger charge is -2.15. The van der Waals surface area contributed by atoms with Gasteiger partial charge in [-0.1, -0.05) is 0 Å². The largest absolute Gasteiger partial charge is 0.481 e. The molecule has 0 aliphatic heterocycles. The van der Waals surface area contributed by atoms with Crippen molar-refractivity contribution in [3.05, 3.63) is 0 Å². The average molecular weight is 191 g/mol. The van der Waals surface area contributed by atoms with Crippen molar-refractivity contribution in [2.24, 2.45) is 5.73 Å². The summed E-state index contributed by atoms with van der Waals surface area (Å²) in [6.07, 6.45) is -1.89. The normalized spacial score (nSPS) is 14.7. The molecule has 0 aromatic carbocycles. The SMILES string of the molecule is COC(=O)CC(N)C(O)CC(=O)O. The molecular weight excluding hydrogens is 178 g/mol. The Bertz CT molecular complexity index is 193. The fourth-order valence-corrected chi connectivity index (χ4v) is 0.742. The van der Waals surface area contributed by atoms with Crippen LogP contribution in [0.5, 0.6) is 0 Å². The number of hydrogen-bond donors (Lipinski definition) is 3. The maximum absolute atomic E-state index is 10.7. The fourth-order valence-electron chi connectivity index (χ4n) is 0.742. The molecule has 0 aliphatic rings. The molecular formula is C7H13NO5. The molecule has 0 aromatic rings. The van der Waals surface area contributed by atoms with E-state index in [1.165, 1.54) is 7.11 Å². The summed E-state index contributed by atoms with van der Waals surface area (Å²) < 4.78 is 4.30. The fraction of sp³-hybridized carbons (Fsp3) is 0.714. The highest BCUT2D eigenvalue weighted by molar-refractivity contribution is 5.71. The van der Waals surface area contributed by atoms with E-state index in [0.29, 0.717) is 0 Å². The van der Waals surface area contributed by atoms with E-state index in [4.69, 9.17) is 15.9 Å². The van der Waals surface area contributed by atoms with E-state index in [9.17, 15) is 9.59 Å². The van der Waals surface area contributed by atoms with E-state index in [-0.39, 0.29) is 6.42 Å². The third kappa shape index (κ3) is 5.15. The van der Waals surface area contributed by atoms with Crippen LogP contribution in [0.2, 0.25) is 0 Å². The third-order valence-corrected chi connectivity index (χ3v) is 1.51. The molecule has 0 aliphatic carbocycles. The molecule has 6 heteroatoms. The summed E-state index contributed by atoms with van der Waals surface area (Å²) in [5, 5.41) is 17.4. The lowest BCUT2D eigenvalue weighted by atomic mass is 10.1. The van der Waals surface area contributed by atoms with Gasteiger partial charge in [-0.2, -0.15) is 0 Å². The molecule has 0 amide bonds. The van der Waals surface area contributed by atoms with E-state index in [1.54, 1.807) is 0 Å². The lowest BCUT2D eigenvalue weighted by Crippen LogP contribution is -2.38. The van der Waals surface area contributed by atoms with Crippen molar-refractivity contribution in [2.45, 2.75) is 25.0 Å². The van der Waals surface area contributed by atoms with Crippen LogP contribution in [0.15, 0.2) is 0 Å². The number of carbonyl (C=O) groups is 2. The van der Waals surface area contributed by atoms with Crippen LogP contribution in [-0.2, 0) is 14.3 Å². The molecule has 4 N–H and O–H groups in total. The highest BCUT2D eigenvalue weighted by Crippen LogP contribution is 2.01. The zero-order valence-electron chi connectivity index (χ0n) is 7.27. The van der Waals surface area contributed by atoms with Gasteiger partial charge in [-0.3, -0.25) is 9.59 Å². The van der Waals surface area contributed by atoms with Crippen LogP contribution in [0, 0.1) is 0 Å². The third-order valence-electron chi connectivity index (χ3n) is 1.51. The van der Waals surface area contributed by atoms with Gasteiger partial charge >= 0.3 is 11.9 Å². The predicted molar refractivity (Wildman–Crippen MR) is 42.9 cm³/mol. The van der Waals surface area contributed by atoms with Crippen LogP contribution >= 0.6 is 0 Å². The van der Waals surface area contributed by atoms with Crippen LogP contribution in [0.3, 0.4) is 0 Å². The molecule has 0 aromatic heterocycles. The molecule has 0 fully saturated rings. The number of aliphatic hydroxyl groups is 1. The van der Waals surface area contributed by atoms with Gasteiger partial charge in [-0.25, -0.2) is 0 Å². The lowest BCUT2D eigenvalue weighted by molar-refractivity contribution is -0.144. The van der Waals surface area contributed by atoms with Crippen molar-refractivity contribution in [2.75, 3.05) is 7.11 Å². The van der Waals surface area contributed by atoms with Gasteiger partial charge in [0, 0.05) is 6.04 Å². The summed E-state index contributed by atoms with van der Waals surface area (Å²) in [4.78, 5) is 20.8. The first-order chi connectivity index (χ1) is 5.97. The molecule has 2 unspecified atom stereocenters. The van der Waals surface area contributed by atoms with Crippen molar-refractivity contribution >= 4 is 11.9 Å². The Kier molecular flexibility index (Phi) is 5.01. The Morgan fingerprint density at radius 3 is 2.38 bits per heavy atom. The Hall–Kier alpha value is -1.14. The molecule has 76 valence electrons. The molecule has 0 saturated heterocycles. The number of hydrogen-bond acceptors (Lipinski definition) is 5. The zero-order chi connectivity index (χ0) is 10.4. The van der Waals surface area contributed by atoms with E-state index in [1.807, 2.05) is 0 Å². The van der Waals surface area contributed by atoms with E-state index in [2.05, 4.69) is 4.74 Å². The monoisotopic (exact) mass is 191 g/mol. The van der Waals surface area contributed by atoms with E-state index in [0.717, 1.165) is 0 Å². The van der Waals surface area contributed by atoms with E-state index >= 15 is 0 Å². The first-order valence-electron chi connectivity index (χ1n) is 3.69. The summed E-state index contributed by atoms with van der Waals surface area (Å²) in [5.74, 6) is -1.73. The summed E-state index contributed by atoms with van der Waals surface area (Å²) in [5.41, 5.74) is 5.33. The van der Waals surface area contributed by atoms with Crippen molar-refractivity contribution in [1.29, 1.82) is 0 Å². The Morgan fingerprint density at radius 1 is 1.46 bits per heavy atom. The van der Waals surface area contributed by atoms with Gasteiger partial charge in [0.1, 0.15) is 0 Å². The van der Waals surface area contributed by atoms with Crippen molar-refractivity contribution in [3.8, 4) is 0 Å². The Labute approximate surface area is 75.3 Å². The van der Waals surface area contributed by atoms with Crippen molar-refractivity contribution in [3.63, 3.8) is 0 Å². The quantitative estimate of drug-likeness (QED) is 0.466. The van der Waals surface area contributed by atoms with Gasteiger partial charge in [0.2, 0.25) is 0 Å². The molecule has 0 spiro atoms. The Morgan fingerprint density at radius 2 is 2.00 bits per heavy atom. The molecule has 0 saturated carbocycles. The molecule has 0 radical (unpaired) electrons. The molecule has 0 bridgehead atoms. The maximum atomic E-state index is 10.7. The molecule has 6 nitrogen and oxygen atoms in total. The molecule has 2 atom stereocenters. The number of esters is 1. The number of carboxylic acids is 1. The summed E-state index contributed by atoms with van der Waals surface area (Å²) in [6, 6.07) is -0.899. The number of rotatable bonds is 5. The van der Waals surface area contributed by atoms with Gasteiger partial charge < -0.3 is 20.7 Å². The van der Waals surface area contributed by atoms with Crippen LogP contribution < -0.4 is 5.73 Å². The van der Waals surface area contributed by atoms with E-state index < -0.39 is 30.5 Å². The summed E-state index contributed by atoms with van der Waals surface area (Å²) in [6.45, 7) is 0. The minimum atomic E-state index is -1.23. The van der Waals surface area contributed by atoms with Gasteiger partial charge in [-0.15, -0.1) is 0 Å². The second-order valence-electron chi connectivity index (χ2n) is 2.61. The van der Waals surface area contributed by atoms with Crippen LogP contribution in [0.4, 0.5) is 0 Å². The molecule has 13 heavy (non-hydrogen) atoms. The minimum Gasteiger partial charge on any atom is -0.481 e. The van der Waals surface area contributed by atoms with Crippen molar-refractivity contribution < 1.29 is 24.5 Å². The molecule has 0 rings (SSSR count). The van der Waals surface area contributed by atoms with Gasteiger partial charge in [0.05, 0.1) is 26.1 Å². The number of nitrogens with two attached hydrogens (primary N) is 1. The minimum absolute atomic E-state index is 0.190. The smallest absolute Gasteiger partial charge is 0.307 e. The van der Waals surface area contributed by atoms with Crippen LogP contribution in [0.25, 0.3) is 0 Å². The second kappa shape index (κ2) is 5.50. The maximum Gasteiger partial charge on any atom is 0.307 e. The Balaban J connectivity index is 3.88. The van der Waals surface area contributed by atoms with Gasteiger partial charge in [-0.05, 0) is 0 Å². The first-order valence-corrected chi connectivity index (χ1v) is 3.69.